The van der Waals surface area contributed by atoms with Crippen molar-refractivity contribution in [3.05, 3.63) is 62.9 Å². The zero-order chi connectivity index (χ0) is 18.7. The summed E-state index contributed by atoms with van der Waals surface area (Å²) in [4.78, 5) is 16.7. The number of carbonyl (C=O) groups excluding carboxylic acids is 1. The van der Waals surface area contributed by atoms with Gasteiger partial charge in [0, 0.05) is 21.0 Å². The Morgan fingerprint density at radius 1 is 1.15 bits per heavy atom. The zero-order valence-corrected chi connectivity index (χ0v) is 16.6. The van der Waals surface area contributed by atoms with Gasteiger partial charge in [0.25, 0.3) is 5.91 Å². The Kier molecular flexibility index (Phi) is 6.04. The number of hydrogen-bond donors (Lipinski definition) is 1. The summed E-state index contributed by atoms with van der Waals surface area (Å²) in [5.74, 6) is 0.209. The fraction of sp³-hybridized carbons (Fsp3) is 0.111. The Balaban J connectivity index is 1.67. The molecule has 0 aliphatic carbocycles. The zero-order valence-electron chi connectivity index (χ0n) is 13.5. The van der Waals surface area contributed by atoms with E-state index in [2.05, 4.69) is 10.3 Å². The minimum Gasteiger partial charge on any atom is -0.481 e. The first kappa shape index (κ1) is 19.0. The van der Waals surface area contributed by atoms with Gasteiger partial charge >= 0.3 is 0 Å². The van der Waals surface area contributed by atoms with Crippen molar-refractivity contribution in [2.75, 3.05) is 5.32 Å². The summed E-state index contributed by atoms with van der Waals surface area (Å²) in [5.41, 5.74) is 1.41. The largest absolute Gasteiger partial charge is 0.481 e. The molecule has 0 radical (unpaired) electrons. The predicted molar refractivity (Wildman–Crippen MR) is 108 cm³/mol. The number of nitrogens with zero attached hydrogens (tertiary/aromatic N) is 1. The average molecular weight is 428 g/mol. The van der Waals surface area contributed by atoms with E-state index in [1.807, 2.05) is 5.38 Å². The number of ether oxygens (including phenoxy) is 1. The summed E-state index contributed by atoms with van der Waals surface area (Å²) in [7, 11) is 0. The second-order valence-corrected chi connectivity index (χ2v) is 7.51. The quantitative estimate of drug-likeness (QED) is 0.529. The molecule has 0 saturated carbocycles. The molecule has 134 valence electrons. The maximum absolute atomic E-state index is 12.3. The standard InChI is InChI=1S/C18H13Cl3N2O2S/c1-10(25-13-4-2-3-11(19)7-13)17(24)23-18-22-16(9-26-18)14-6-5-12(20)8-15(14)21/h2-10H,1H3,(H,22,23,24). The first-order valence-electron chi connectivity index (χ1n) is 7.56. The minimum absolute atomic E-state index is 0.312. The summed E-state index contributed by atoms with van der Waals surface area (Å²) < 4.78 is 5.60. The maximum Gasteiger partial charge on any atom is 0.266 e. The monoisotopic (exact) mass is 426 g/mol. The van der Waals surface area contributed by atoms with Crippen molar-refractivity contribution in [3.63, 3.8) is 0 Å². The van der Waals surface area contributed by atoms with Gasteiger partial charge in [-0.15, -0.1) is 11.3 Å². The van der Waals surface area contributed by atoms with Crippen LogP contribution in [0.2, 0.25) is 15.1 Å². The Bertz CT molecular complexity index is 946. The van der Waals surface area contributed by atoms with E-state index in [-0.39, 0.29) is 5.91 Å². The van der Waals surface area contributed by atoms with E-state index in [1.54, 1.807) is 49.4 Å². The maximum atomic E-state index is 12.3. The first-order chi connectivity index (χ1) is 12.4. The van der Waals surface area contributed by atoms with Gasteiger partial charge in [0.2, 0.25) is 0 Å². The van der Waals surface area contributed by atoms with Crippen molar-refractivity contribution in [2.45, 2.75) is 13.0 Å². The van der Waals surface area contributed by atoms with Gasteiger partial charge in [-0.3, -0.25) is 10.1 Å². The molecule has 2 aromatic carbocycles. The van der Waals surface area contributed by atoms with Crippen LogP contribution in [-0.2, 0) is 4.79 Å². The number of aromatic nitrogens is 1. The molecule has 0 fully saturated rings. The first-order valence-corrected chi connectivity index (χ1v) is 9.58. The third-order valence-corrected chi connectivity index (χ3v) is 4.96. The van der Waals surface area contributed by atoms with E-state index in [0.29, 0.717) is 31.6 Å². The fourth-order valence-corrected chi connectivity index (χ4v) is 3.56. The molecule has 26 heavy (non-hydrogen) atoms. The molecule has 1 atom stereocenters. The molecule has 1 N–H and O–H groups in total. The van der Waals surface area contributed by atoms with Crippen LogP contribution in [0.1, 0.15) is 6.92 Å². The van der Waals surface area contributed by atoms with E-state index >= 15 is 0 Å². The molecule has 3 rings (SSSR count). The van der Waals surface area contributed by atoms with E-state index in [1.165, 1.54) is 11.3 Å². The fourth-order valence-electron chi connectivity index (χ4n) is 2.16. The van der Waals surface area contributed by atoms with Crippen molar-refractivity contribution >= 4 is 57.2 Å². The lowest BCUT2D eigenvalue weighted by atomic mass is 10.2. The lowest BCUT2D eigenvalue weighted by Crippen LogP contribution is -2.30. The summed E-state index contributed by atoms with van der Waals surface area (Å²) in [6.07, 6.45) is -0.708. The van der Waals surface area contributed by atoms with E-state index in [9.17, 15) is 4.79 Å². The van der Waals surface area contributed by atoms with Crippen molar-refractivity contribution < 1.29 is 9.53 Å². The van der Waals surface area contributed by atoms with Crippen LogP contribution in [0.15, 0.2) is 47.8 Å². The lowest BCUT2D eigenvalue weighted by Gasteiger charge is -2.13. The highest BCUT2D eigenvalue weighted by molar-refractivity contribution is 7.14. The number of thiazole rings is 1. The Morgan fingerprint density at radius 2 is 1.92 bits per heavy atom. The van der Waals surface area contributed by atoms with Crippen LogP contribution < -0.4 is 10.1 Å². The van der Waals surface area contributed by atoms with E-state index < -0.39 is 6.10 Å². The van der Waals surface area contributed by atoms with Gasteiger partial charge < -0.3 is 4.74 Å². The summed E-state index contributed by atoms with van der Waals surface area (Å²) >= 11 is 19.3. The summed E-state index contributed by atoms with van der Waals surface area (Å²) in [5, 5.41) is 6.60. The van der Waals surface area contributed by atoms with Gasteiger partial charge in [-0.05, 0) is 43.3 Å². The lowest BCUT2D eigenvalue weighted by molar-refractivity contribution is -0.122. The van der Waals surface area contributed by atoms with Crippen molar-refractivity contribution in [1.29, 1.82) is 0 Å². The van der Waals surface area contributed by atoms with Crippen LogP contribution in [0.3, 0.4) is 0 Å². The van der Waals surface area contributed by atoms with Crippen molar-refractivity contribution in [1.82, 2.24) is 4.98 Å². The number of amides is 1. The number of anilines is 1. The molecule has 0 aliphatic rings. The van der Waals surface area contributed by atoms with Crippen LogP contribution in [0.5, 0.6) is 5.75 Å². The van der Waals surface area contributed by atoms with Crippen LogP contribution in [0.4, 0.5) is 5.13 Å². The SMILES string of the molecule is CC(Oc1cccc(Cl)c1)C(=O)Nc1nc(-c2ccc(Cl)cc2Cl)cs1. The molecule has 4 nitrogen and oxygen atoms in total. The Hall–Kier alpha value is -1.79. The second-order valence-electron chi connectivity index (χ2n) is 5.37. The van der Waals surface area contributed by atoms with Gasteiger partial charge in [-0.1, -0.05) is 40.9 Å². The number of benzene rings is 2. The van der Waals surface area contributed by atoms with Crippen molar-refractivity contribution in [2.24, 2.45) is 0 Å². The highest BCUT2D eigenvalue weighted by atomic mass is 35.5. The molecule has 1 aromatic heterocycles. The molecule has 3 aromatic rings. The van der Waals surface area contributed by atoms with E-state index in [4.69, 9.17) is 39.5 Å². The Morgan fingerprint density at radius 3 is 2.65 bits per heavy atom. The van der Waals surface area contributed by atoms with Gasteiger partial charge in [-0.25, -0.2) is 4.98 Å². The van der Waals surface area contributed by atoms with Gasteiger partial charge in [0.1, 0.15) is 5.75 Å². The number of halogens is 3. The van der Waals surface area contributed by atoms with Gasteiger partial charge in [0.05, 0.1) is 10.7 Å². The molecule has 1 heterocycles. The van der Waals surface area contributed by atoms with Crippen LogP contribution in [0, 0.1) is 0 Å². The molecule has 8 heteroatoms. The molecular weight excluding hydrogens is 415 g/mol. The summed E-state index contributed by atoms with van der Waals surface area (Å²) in [6, 6.07) is 12.0. The number of rotatable bonds is 5. The highest BCUT2D eigenvalue weighted by Crippen LogP contribution is 2.32. The normalized spacial score (nSPS) is 11.8. The molecule has 0 saturated heterocycles. The second kappa shape index (κ2) is 8.27. The molecule has 1 amide bonds. The third kappa shape index (κ3) is 4.68. The molecule has 0 aliphatic heterocycles. The topological polar surface area (TPSA) is 51.2 Å². The van der Waals surface area contributed by atoms with Crippen LogP contribution in [0.25, 0.3) is 11.3 Å². The minimum atomic E-state index is -0.708. The van der Waals surface area contributed by atoms with Gasteiger partial charge in [-0.2, -0.15) is 0 Å². The number of nitrogens with one attached hydrogen (secondary N) is 1. The number of carbonyl (C=O) groups is 1. The molecule has 0 bridgehead atoms. The van der Waals surface area contributed by atoms with E-state index in [0.717, 1.165) is 5.56 Å². The molecule has 0 spiro atoms. The molecule has 1 unspecified atom stereocenters. The molecular formula is C18H13Cl3N2O2S. The van der Waals surface area contributed by atoms with Crippen molar-refractivity contribution in [3.8, 4) is 17.0 Å². The van der Waals surface area contributed by atoms with Crippen LogP contribution >= 0.6 is 46.1 Å². The highest BCUT2D eigenvalue weighted by Gasteiger charge is 2.17. The average Bonchev–Trinajstić information content (AvgIpc) is 3.03. The van der Waals surface area contributed by atoms with Crippen LogP contribution in [-0.4, -0.2) is 17.0 Å². The Labute approximate surface area is 169 Å². The smallest absolute Gasteiger partial charge is 0.266 e. The number of hydrogen-bond acceptors (Lipinski definition) is 4. The van der Waals surface area contributed by atoms with Gasteiger partial charge in [0.15, 0.2) is 11.2 Å². The summed E-state index contributed by atoms with van der Waals surface area (Å²) in [6.45, 7) is 1.65. The predicted octanol–water partition coefficient (Wildman–Crippen LogP) is 6.18. The third-order valence-electron chi connectivity index (χ3n) is 3.42.